The van der Waals surface area contributed by atoms with Gasteiger partial charge in [0.15, 0.2) is 5.82 Å². The first-order valence-electron chi connectivity index (χ1n) is 16.7. The van der Waals surface area contributed by atoms with Gasteiger partial charge in [0, 0.05) is 35.3 Å². The smallest absolute Gasteiger partial charge is 0.271 e. The molecule has 4 heterocycles. The Morgan fingerprint density at radius 2 is 1.22 bits per heavy atom. The van der Waals surface area contributed by atoms with Crippen molar-refractivity contribution < 1.29 is 9.30 Å². The van der Waals surface area contributed by atoms with E-state index in [1.165, 1.54) is 16.5 Å². The van der Waals surface area contributed by atoms with E-state index in [-0.39, 0.29) is 10.8 Å². The summed E-state index contributed by atoms with van der Waals surface area (Å²) in [5.41, 5.74) is 7.85. The molecule has 0 radical (unpaired) electrons. The summed E-state index contributed by atoms with van der Waals surface area (Å²) in [6, 6.07) is 39.8. The van der Waals surface area contributed by atoms with Gasteiger partial charge in [-0.3, -0.25) is 18.7 Å². The molecule has 0 amide bonds. The Balaban J connectivity index is 1.21. The average molecular weight is 642 g/mol. The normalized spacial score (nSPS) is 12.3. The second-order valence-electron chi connectivity index (χ2n) is 14.7. The van der Waals surface area contributed by atoms with Crippen LogP contribution in [0, 0.1) is 6.33 Å². The quantitative estimate of drug-likeness (QED) is 0.139. The van der Waals surface area contributed by atoms with Gasteiger partial charge < -0.3 is 4.74 Å². The van der Waals surface area contributed by atoms with E-state index in [1.54, 1.807) is 6.20 Å². The lowest BCUT2D eigenvalue weighted by molar-refractivity contribution is -0.572. The molecule has 0 fully saturated rings. The third-order valence-corrected chi connectivity index (χ3v) is 9.18. The summed E-state index contributed by atoms with van der Waals surface area (Å²) >= 11 is 0. The highest BCUT2D eigenvalue weighted by molar-refractivity contribution is 6.09. The fraction of sp³-hybridized carbons (Fsp3) is 0.186. The van der Waals surface area contributed by atoms with Crippen molar-refractivity contribution in [3.63, 3.8) is 0 Å². The van der Waals surface area contributed by atoms with Gasteiger partial charge in [-0.05, 0) is 70.5 Å². The van der Waals surface area contributed by atoms with E-state index in [0.717, 1.165) is 50.5 Å². The maximum Gasteiger partial charge on any atom is 0.271 e. The minimum atomic E-state index is -0.00283. The lowest BCUT2D eigenvalue weighted by Gasteiger charge is -2.26. The van der Waals surface area contributed by atoms with E-state index in [9.17, 15) is 0 Å². The molecule has 0 saturated heterocycles. The van der Waals surface area contributed by atoms with Crippen LogP contribution in [0.2, 0.25) is 0 Å². The van der Waals surface area contributed by atoms with Gasteiger partial charge in [0.2, 0.25) is 0 Å². The summed E-state index contributed by atoms with van der Waals surface area (Å²) in [4.78, 5) is 9.45. The number of para-hydroxylation sites is 3. The SMILES string of the molecule is CC(C)(C)c1cc(-[n+]2[c-]n(-c3cc(Oc4ccc5c6ccccc6n(-c6ccccn6)c5c4)ccn3)c3ccccc32)cc(C(C)(C)C)c1. The molecule has 4 aromatic heterocycles. The average Bonchev–Trinajstić information content (AvgIpc) is 3.64. The molecule has 8 aromatic rings. The van der Waals surface area contributed by atoms with E-state index >= 15 is 0 Å². The molecule has 4 aromatic carbocycles. The van der Waals surface area contributed by atoms with Gasteiger partial charge in [-0.1, -0.05) is 96.1 Å². The van der Waals surface area contributed by atoms with Gasteiger partial charge in [-0.25, -0.2) is 4.98 Å². The summed E-state index contributed by atoms with van der Waals surface area (Å²) in [6.07, 6.45) is 7.26. The molecule has 0 N–H and O–H groups in total. The Labute approximate surface area is 286 Å². The third kappa shape index (κ3) is 5.53. The lowest BCUT2D eigenvalue weighted by atomic mass is 9.80. The number of rotatable bonds is 5. The Morgan fingerprint density at radius 3 is 1.96 bits per heavy atom. The Morgan fingerprint density at radius 1 is 0.571 bits per heavy atom. The predicted octanol–water partition coefficient (Wildman–Crippen LogP) is 9.98. The molecular weight excluding hydrogens is 603 g/mol. The molecule has 0 aliphatic carbocycles. The van der Waals surface area contributed by atoms with Crippen LogP contribution in [0.25, 0.3) is 50.2 Å². The van der Waals surface area contributed by atoms with Crippen molar-refractivity contribution in [1.82, 2.24) is 19.1 Å². The van der Waals surface area contributed by atoms with Crippen molar-refractivity contribution in [2.45, 2.75) is 52.4 Å². The highest BCUT2D eigenvalue weighted by atomic mass is 16.5. The zero-order chi connectivity index (χ0) is 33.9. The van der Waals surface area contributed by atoms with Gasteiger partial charge in [0.1, 0.15) is 17.3 Å². The van der Waals surface area contributed by atoms with Gasteiger partial charge in [-0.15, -0.1) is 0 Å². The van der Waals surface area contributed by atoms with Gasteiger partial charge in [-0.2, -0.15) is 0 Å². The monoisotopic (exact) mass is 641 g/mol. The van der Waals surface area contributed by atoms with Crippen molar-refractivity contribution in [1.29, 1.82) is 0 Å². The minimum Gasteiger partial charge on any atom is -0.458 e. The number of nitrogens with zero attached hydrogens (tertiary/aromatic N) is 5. The van der Waals surface area contributed by atoms with Crippen molar-refractivity contribution in [2.24, 2.45) is 0 Å². The zero-order valence-electron chi connectivity index (χ0n) is 28.8. The van der Waals surface area contributed by atoms with Crippen molar-refractivity contribution in [2.75, 3.05) is 0 Å². The lowest BCUT2D eigenvalue weighted by Crippen LogP contribution is -2.31. The maximum absolute atomic E-state index is 6.54. The van der Waals surface area contributed by atoms with Gasteiger partial charge >= 0.3 is 0 Å². The van der Waals surface area contributed by atoms with Gasteiger partial charge in [0.05, 0.1) is 27.8 Å². The Hall–Kier alpha value is -5.75. The number of aromatic nitrogens is 5. The zero-order valence-corrected chi connectivity index (χ0v) is 28.8. The fourth-order valence-electron chi connectivity index (χ4n) is 6.50. The first kappa shape index (κ1) is 30.6. The number of ether oxygens (including phenoxy) is 1. The van der Waals surface area contributed by atoms with E-state index in [2.05, 4.69) is 141 Å². The standard InChI is InChI=1S/C43H39N5O/c1-42(2,3)29-23-30(43(4,5)6)25-31(24-29)46-28-47(38-16-10-9-15-37(38)46)41-27-33(20-22-45-41)49-32-18-19-35-34-13-7-8-14-36(34)48(39(35)26-32)40-17-11-12-21-44-40/h7-27H,1-6H3. The van der Waals surface area contributed by atoms with Crippen LogP contribution in [-0.2, 0) is 10.8 Å². The fourth-order valence-corrected chi connectivity index (χ4v) is 6.50. The van der Waals surface area contributed by atoms with Crippen molar-refractivity contribution >= 4 is 32.8 Å². The number of fused-ring (bicyclic) bond motifs is 4. The Bertz CT molecular complexity index is 2460. The van der Waals surface area contributed by atoms with E-state index in [0.29, 0.717) is 5.75 Å². The van der Waals surface area contributed by atoms with Crippen LogP contribution in [0.3, 0.4) is 0 Å². The second-order valence-corrected chi connectivity index (χ2v) is 14.7. The van der Waals surface area contributed by atoms with Crippen molar-refractivity contribution in [3.05, 3.63) is 145 Å². The molecule has 0 spiro atoms. The molecule has 6 heteroatoms. The highest BCUT2D eigenvalue weighted by Crippen LogP contribution is 2.35. The number of imidazole rings is 1. The van der Waals surface area contributed by atoms with Crippen LogP contribution in [0.5, 0.6) is 11.5 Å². The van der Waals surface area contributed by atoms with Crippen LogP contribution in [0.1, 0.15) is 52.7 Å². The topological polar surface area (TPSA) is 48.8 Å². The van der Waals surface area contributed by atoms with Gasteiger partial charge in [0.25, 0.3) is 6.33 Å². The van der Waals surface area contributed by atoms with Crippen LogP contribution < -0.4 is 9.30 Å². The molecule has 0 aliphatic heterocycles. The summed E-state index contributed by atoms with van der Waals surface area (Å²) in [7, 11) is 0. The minimum absolute atomic E-state index is 0.00283. The third-order valence-electron chi connectivity index (χ3n) is 9.18. The molecular formula is C43H39N5O. The molecule has 0 bridgehead atoms. The highest BCUT2D eigenvalue weighted by Gasteiger charge is 2.23. The second kappa shape index (κ2) is 11.4. The molecule has 0 unspecified atom stereocenters. The first-order chi connectivity index (χ1) is 23.5. The van der Waals surface area contributed by atoms with E-state index in [1.807, 2.05) is 47.2 Å². The summed E-state index contributed by atoms with van der Waals surface area (Å²) < 4.78 is 12.9. The number of pyridine rings is 2. The van der Waals surface area contributed by atoms with Crippen molar-refractivity contribution in [3.8, 4) is 28.8 Å². The van der Waals surface area contributed by atoms with E-state index in [4.69, 9.17) is 9.72 Å². The number of hydrogen-bond donors (Lipinski definition) is 0. The van der Waals surface area contributed by atoms with Crippen LogP contribution in [0.4, 0.5) is 0 Å². The van der Waals surface area contributed by atoms with Crippen LogP contribution >= 0.6 is 0 Å². The summed E-state index contributed by atoms with van der Waals surface area (Å²) in [5.74, 6) is 3.00. The molecule has 49 heavy (non-hydrogen) atoms. The molecule has 8 rings (SSSR count). The predicted molar refractivity (Wildman–Crippen MR) is 197 cm³/mol. The number of benzene rings is 4. The molecule has 0 atom stereocenters. The molecule has 242 valence electrons. The molecule has 0 saturated carbocycles. The Kier molecular flexibility index (Phi) is 7.14. The first-order valence-corrected chi connectivity index (χ1v) is 16.7. The largest absolute Gasteiger partial charge is 0.458 e. The molecule has 6 nitrogen and oxygen atoms in total. The number of hydrogen-bond acceptors (Lipinski definition) is 3. The summed E-state index contributed by atoms with van der Waals surface area (Å²) in [5, 5.41) is 2.32. The van der Waals surface area contributed by atoms with Crippen LogP contribution in [-0.4, -0.2) is 19.1 Å². The molecule has 0 aliphatic rings. The summed E-state index contributed by atoms with van der Waals surface area (Å²) in [6.45, 7) is 13.6. The van der Waals surface area contributed by atoms with Crippen LogP contribution in [0.15, 0.2) is 128 Å². The maximum atomic E-state index is 6.54. The van der Waals surface area contributed by atoms with E-state index < -0.39 is 0 Å².